The van der Waals surface area contributed by atoms with Crippen LogP contribution in [0.1, 0.15) is 38.1 Å². The van der Waals surface area contributed by atoms with Crippen LogP contribution in [0.15, 0.2) is 17.5 Å². The number of carbonyl (C=O) groups excluding carboxylic acids is 1. The molecular formula is C14H22N2O3S. The van der Waals surface area contributed by atoms with Crippen molar-refractivity contribution in [1.82, 2.24) is 10.2 Å². The van der Waals surface area contributed by atoms with Crippen LogP contribution >= 0.6 is 11.3 Å². The van der Waals surface area contributed by atoms with Crippen LogP contribution < -0.4 is 5.32 Å². The van der Waals surface area contributed by atoms with Gasteiger partial charge in [-0.15, -0.1) is 11.3 Å². The molecule has 2 N–H and O–H groups in total. The Kier molecular flexibility index (Phi) is 6.67. The summed E-state index contributed by atoms with van der Waals surface area (Å²) < 4.78 is 0. The first-order valence-electron chi connectivity index (χ1n) is 6.72. The first-order chi connectivity index (χ1) is 9.43. The molecule has 0 aliphatic heterocycles. The second-order valence-corrected chi connectivity index (χ2v) is 5.79. The molecule has 2 unspecified atom stereocenters. The zero-order valence-corrected chi connectivity index (χ0v) is 12.9. The van der Waals surface area contributed by atoms with Crippen molar-refractivity contribution in [3.8, 4) is 0 Å². The molecule has 2 atom stereocenters. The molecule has 0 fully saturated rings. The molecule has 1 aromatic rings. The van der Waals surface area contributed by atoms with Crippen molar-refractivity contribution in [2.45, 2.75) is 39.3 Å². The maximum Gasteiger partial charge on any atom is 0.304 e. The van der Waals surface area contributed by atoms with Gasteiger partial charge in [0.25, 0.3) is 0 Å². The van der Waals surface area contributed by atoms with Crippen molar-refractivity contribution in [2.24, 2.45) is 0 Å². The predicted molar refractivity (Wildman–Crippen MR) is 79.8 cm³/mol. The molecule has 1 heterocycles. The standard InChI is InChI=1S/C14H22N2O3S/c1-4-16(10(2)8-14(18)19)9-13(17)15-11(3)12-6-5-7-20-12/h5-7,10-11H,4,8-9H2,1-3H3,(H,15,17)(H,18,19). The van der Waals surface area contributed by atoms with E-state index in [-0.39, 0.29) is 31.0 Å². The average molecular weight is 298 g/mol. The van der Waals surface area contributed by atoms with E-state index < -0.39 is 5.97 Å². The lowest BCUT2D eigenvalue weighted by molar-refractivity contribution is -0.139. The Balaban J connectivity index is 2.48. The molecule has 1 amide bonds. The first kappa shape index (κ1) is 16.7. The SMILES string of the molecule is CCN(CC(=O)NC(C)c1cccs1)C(C)CC(=O)O. The number of hydrogen-bond donors (Lipinski definition) is 2. The minimum Gasteiger partial charge on any atom is -0.481 e. The summed E-state index contributed by atoms with van der Waals surface area (Å²) in [6.45, 7) is 6.57. The van der Waals surface area contributed by atoms with Crippen LogP contribution in [0.3, 0.4) is 0 Å². The molecule has 1 rings (SSSR count). The molecule has 0 aliphatic carbocycles. The van der Waals surface area contributed by atoms with Crippen LogP contribution in [-0.4, -0.2) is 41.0 Å². The van der Waals surface area contributed by atoms with Crippen LogP contribution in [0.25, 0.3) is 0 Å². The minimum absolute atomic E-state index is 0.0176. The lowest BCUT2D eigenvalue weighted by atomic mass is 10.2. The number of rotatable bonds is 8. The largest absolute Gasteiger partial charge is 0.481 e. The summed E-state index contributed by atoms with van der Waals surface area (Å²) in [6.07, 6.45) is 0.0433. The molecule has 0 spiro atoms. The third-order valence-electron chi connectivity index (χ3n) is 3.19. The van der Waals surface area contributed by atoms with Crippen LogP contribution in [-0.2, 0) is 9.59 Å². The summed E-state index contributed by atoms with van der Waals surface area (Å²) in [4.78, 5) is 25.7. The fourth-order valence-electron chi connectivity index (χ4n) is 2.04. The molecule has 0 radical (unpaired) electrons. The smallest absolute Gasteiger partial charge is 0.304 e. The van der Waals surface area contributed by atoms with E-state index in [0.29, 0.717) is 6.54 Å². The maximum absolute atomic E-state index is 12.0. The summed E-state index contributed by atoms with van der Waals surface area (Å²) in [5.41, 5.74) is 0. The van der Waals surface area contributed by atoms with Crippen LogP contribution in [0.2, 0.25) is 0 Å². The second kappa shape index (κ2) is 8.01. The third-order valence-corrected chi connectivity index (χ3v) is 4.25. The number of nitrogens with one attached hydrogen (secondary N) is 1. The molecule has 0 saturated carbocycles. The van der Waals surface area contributed by atoms with E-state index in [4.69, 9.17) is 5.11 Å². The highest BCUT2D eigenvalue weighted by molar-refractivity contribution is 7.10. The van der Waals surface area contributed by atoms with Gasteiger partial charge in [0.15, 0.2) is 0 Å². The average Bonchev–Trinajstić information content (AvgIpc) is 2.88. The van der Waals surface area contributed by atoms with Gasteiger partial charge in [0.05, 0.1) is 19.0 Å². The Morgan fingerprint density at radius 1 is 1.45 bits per heavy atom. The van der Waals surface area contributed by atoms with E-state index in [1.54, 1.807) is 11.3 Å². The number of thiophene rings is 1. The van der Waals surface area contributed by atoms with Crippen molar-refractivity contribution in [1.29, 1.82) is 0 Å². The molecule has 0 aliphatic rings. The number of hydrogen-bond acceptors (Lipinski definition) is 4. The van der Waals surface area contributed by atoms with Gasteiger partial charge < -0.3 is 10.4 Å². The number of likely N-dealkylation sites (N-methyl/N-ethyl adjacent to an activating group) is 1. The number of carboxylic acids is 1. The second-order valence-electron chi connectivity index (χ2n) is 4.81. The maximum atomic E-state index is 12.0. The summed E-state index contributed by atoms with van der Waals surface area (Å²) >= 11 is 1.61. The van der Waals surface area contributed by atoms with Gasteiger partial charge in [-0.05, 0) is 31.8 Å². The normalized spacial score (nSPS) is 14.0. The van der Waals surface area contributed by atoms with E-state index >= 15 is 0 Å². The summed E-state index contributed by atoms with van der Waals surface area (Å²) in [5, 5.41) is 13.7. The summed E-state index contributed by atoms with van der Waals surface area (Å²) in [6, 6.07) is 3.77. The first-order valence-corrected chi connectivity index (χ1v) is 7.60. The molecule has 112 valence electrons. The van der Waals surface area contributed by atoms with Gasteiger partial charge in [-0.1, -0.05) is 13.0 Å². The van der Waals surface area contributed by atoms with Gasteiger partial charge in [0.2, 0.25) is 5.91 Å². The van der Waals surface area contributed by atoms with Crippen molar-refractivity contribution in [2.75, 3.05) is 13.1 Å². The molecular weight excluding hydrogens is 276 g/mol. The van der Waals surface area contributed by atoms with E-state index in [9.17, 15) is 9.59 Å². The van der Waals surface area contributed by atoms with E-state index in [1.807, 2.05) is 43.2 Å². The molecule has 0 aromatic carbocycles. The third kappa shape index (κ3) is 5.30. The van der Waals surface area contributed by atoms with E-state index in [0.717, 1.165) is 4.88 Å². The quantitative estimate of drug-likeness (QED) is 0.771. The lowest BCUT2D eigenvalue weighted by Gasteiger charge is -2.26. The number of carboxylic acid groups (broad SMARTS) is 1. The van der Waals surface area contributed by atoms with Crippen LogP contribution in [0.4, 0.5) is 0 Å². The monoisotopic (exact) mass is 298 g/mol. The fourth-order valence-corrected chi connectivity index (χ4v) is 2.78. The van der Waals surface area contributed by atoms with Gasteiger partial charge in [-0.2, -0.15) is 0 Å². The Morgan fingerprint density at radius 2 is 2.15 bits per heavy atom. The Hall–Kier alpha value is -1.40. The van der Waals surface area contributed by atoms with E-state index in [2.05, 4.69) is 5.32 Å². The van der Waals surface area contributed by atoms with E-state index in [1.165, 1.54) is 0 Å². The molecule has 0 bridgehead atoms. The summed E-state index contributed by atoms with van der Waals surface area (Å²) in [7, 11) is 0. The van der Waals surface area contributed by atoms with Crippen molar-refractivity contribution < 1.29 is 14.7 Å². The van der Waals surface area contributed by atoms with Gasteiger partial charge in [-0.3, -0.25) is 14.5 Å². The van der Waals surface area contributed by atoms with Crippen LogP contribution in [0.5, 0.6) is 0 Å². The molecule has 20 heavy (non-hydrogen) atoms. The Labute approximate surface area is 123 Å². The van der Waals surface area contributed by atoms with Gasteiger partial charge in [0.1, 0.15) is 0 Å². The Morgan fingerprint density at radius 3 is 2.65 bits per heavy atom. The molecule has 1 aromatic heterocycles. The highest BCUT2D eigenvalue weighted by Crippen LogP contribution is 2.18. The number of amides is 1. The number of carbonyl (C=O) groups is 2. The fraction of sp³-hybridized carbons (Fsp3) is 0.571. The predicted octanol–water partition coefficient (Wildman–Crippen LogP) is 2.11. The molecule has 6 heteroatoms. The summed E-state index contributed by atoms with van der Waals surface area (Å²) in [5.74, 6) is -0.923. The topological polar surface area (TPSA) is 69.6 Å². The van der Waals surface area contributed by atoms with Gasteiger partial charge >= 0.3 is 5.97 Å². The highest BCUT2D eigenvalue weighted by Gasteiger charge is 2.19. The number of nitrogens with zero attached hydrogens (tertiary/aromatic N) is 1. The van der Waals surface area contributed by atoms with Crippen molar-refractivity contribution >= 4 is 23.2 Å². The zero-order chi connectivity index (χ0) is 15.1. The van der Waals surface area contributed by atoms with Crippen LogP contribution in [0, 0.1) is 0 Å². The lowest BCUT2D eigenvalue weighted by Crippen LogP contribution is -2.43. The van der Waals surface area contributed by atoms with Gasteiger partial charge in [0, 0.05) is 10.9 Å². The number of aliphatic carboxylic acids is 1. The minimum atomic E-state index is -0.844. The molecule has 5 nitrogen and oxygen atoms in total. The zero-order valence-electron chi connectivity index (χ0n) is 12.1. The molecule has 0 saturated heterocycles. The Bertz CT molecular complexity index is 434. The van der Waals surface area contributed by atoms with Crippen molar-refractivity contribution in [3.63, 3.8) is 0 Å². The highest BCUT2D eigenvalue weighted by atomic mass is 32.1. The van der Waals surface area contributed by atoms with Crippen molar-refractivity contribution in [3.05, 3.63) is 22.4 Å². The van der Waals surface area contributed by atoms with Gasteiger partial charge in [-0.25, -0.2) is 0 Å².